The number of fused-ring (bicyclic) bond motifs is 1. The number of carbonyl (C=O) groups excluding carboxylic acids is 1. The highest BCUT2D eigenvalue weighted by Crippen LogP contribution is 2.31. The minimum absolute atomic E-state index is 0.00932. The number of ether oxygens (including phenoxy) is 1. The van der Waals surface area contributed by atoms with Crippen LogP contribution < -0.4 is 4.74 Å². The van der Waals surface area contributed by atoms with Gasteiger partial charge < -0.3 is 14.2 Å². The molecule has 6 rings (SSSR count). The first kappa shape index (κ1) is 26.5. The van der Waals surface area contributed by atoms with E-state index >= 15 is 0 Å². The smallest absolute Gasteiger partial charge is 0.256 e. The molecule has 1 N–H and O–H groups in total. The minimum Gasteiger partial charge on any atom is -0.484 e. The van der Waals surface area contributed by atoms with E-state index in [9.17, 15) is 4.79 Å². The largest absolute Gasteiger partial charge is 0.484 e. The van der Waals surface area contributed by atoms with Gasteiger partial charge in [0.1, 0.15) is 5.75 Å². The molecule has 0 bridgehead atoms. The molecule has 204 valence electrons. The van der Waals surface area contributed by atoms with E-state index in [1.807, 2.05) is 83.4 Å². The first-order valence-corrected chi connectivity index (χ1v) is 14.0. The standard InChI is InChI=1S/C32H27BrN6O2/c1-38-20-27(26-9-5-6-10-29(26)38)32(40)39(18-22-7-3-2-4-8-22)19-23-11-13-24(14-12-23)25-15-16-30(28(33)17-25)41-21-31-34-36-37-35-31/h2-17,20H,18-19,21H2,1H3,(H,34,35,36,37). The number of aromatic amines is 1. The number of benzene rings is 4. The molecule has 1 amide bonds. The van der Waals surface area contributed by atoms with Gasteiger partial charge in [0, 0.05) is 37.2 Å². The molecular weight excluding hydrogens is 580 g/mol. The highest BCUT2D eigenvalue weighted by Gasteiger charge is 2.21. The molecule has 2 heterocycles. The molecule has 0 aliphatic carbocycles. The lowest BCUT2D eigenvalue weighted by molar-refractivity contribution is 0.0732. The second-order valence-electron chi connectivity index (χ2n) is 9.78. The van der Waals surface area contributed by atoms with E-state index in [0.717, 1.165) is 37.6 Å². The molecule has 9 heteroatoms. The molecule has 41 heavy (non-hydrogen) atoms. The monoisotopic (exact) mass is 606 g/mol. The van der Waals surface area contributed by atoms with E-state index in [1.54, 1.807) is 0 Å². The fraction of sp³-hybridized carbons (Fsp3) is 0.125. The van der Waals surface area contributed by atoms with Gasteiger partial charge in [-0.05, 0) is 56.4 Å². The number of hydrogen-bond acceptors (Lipinski definition) is 5. The molecule has 4 aromatic carbocycles. The average Bonchev–Trinajstić information content (AvgIpc) is 3.65. The van der Waals surface area contributed by atoms with Crippen LogP contribution in [-0.2, 0) is 26.7 Å². The number of rotatable bonds is 9. The summed E-state index contributed by atoms with van der Waals surface area (Å²) in [4.78, 5) is 15.9. The number of halogens is 1. The van der Waals surface area contributed by atoms with Crippen molar-refractivity contribution in [3.63, 3.8) is 0 Å². The second-order valence-corrected chi connectivity index (χ2v) is 10.6. The van der Waals surface area contributed by atoms with Crippen LogP contribution in [0.5, 0.6) is 5.75 Å². The van der Waals surface area contributed by atoms with Crippen LogP contribution in [0.25, 0.3) is 22.0 Å². The number of carbonyl (C=O) groups is 1. The van der Waals surface area contributed by atoms with Crippen LogP contribution >= 0.6 is 15.9 Å². The summed E-state index contributed by atoms with van der Waals surface area (Å²) in [5.41, 5.74) is 6.00. The first-order valence-electron chi connectivity index (χ1n) is 13.2. The highest BCUT2D eigenvalue weighted by atomic mass is 79.9. The van der Waals surface area contributed by atoms with Crippen LogP contribution in [0.15, 0.2) is 108 Å². The summed E-state index contributed by atoms with van der Waals surface area (Å²) in [7, 11) is 1.98. The van der Waals surface area contributed by atoms with Gasteiger partial charge in [-0.15, -0.1) is 10.2 Å². The molecule has 0 atom stereocenters. The molecule has 0 aliphatic heterocycles. The van der Waals surface area contributed by atoms with Gasteiger partial charge in [0.25, 0.3) is 5.91 Å². The van der Waals surface area contributed by atoms with Gasteiger partial charge in [0.05, 0.1) is 10.0 Å². The number of nitrogens with zero attached hydrogens (tertiary/aromatic N) is 5. The van der Waals surface area contributed by atoms with Gasteiger partial charge >= 0.3 is 0 Å². The van der Waals surface area contributed by atoms with Gasteiger partial charge in [-0.1, -0.05) is 84.1 Å². The Kier molecular flexibility index (Phi) is 7.60. The van der Waals surface area contributed by atoms with Crippen molar-refractivity contribution in [2.45, 2.75) is 19.7 Å². The Hall–Kier alpha value is -4.76. The minimum atomic E-state index is 0.00932. The quantitative estimate of drug-likeness (QED) is 0.202. The summed E-state index contributed by atoms with van der Waals surface area (Å²) in [6.07, 6.45) is 1.93. The molecule has 0 unspecified atom stereocenters. The van der Waals surface area contributed by atoms with Gasteiger partial charge in [-0.25, -0.2) is 0 Å². The van der Waals surface area contributed by atoms with E-state index in [1.165, 1.54) is 0 Å². The van der Waals surface area contributed by atoms with Gasteiger partial charge in [-0.2, -0.15) is 5.21 Å². The maximum absolute atomic E-state index is 13.9. The molecule has 2 aromatic heterocycles. The summed E-state index contributed by atoms with van der Waals surface area (Å²) < 4.78 is 8.64. The average molecular weight is 608 g/mol. The third-order valence-electron chi connectivity index (χ3n) is 6.97. The Labute approximate surface area is 245 Å². The van der Waals surface area contributed by atoms with E-state index in [-0.39, 0.29) is 12.5 Å². The molecule has 0 aliphatic rings. The van der Waals surface area contributed by atoms with Crippen LogP contribution in [0.1, 0.15) is 27.3 Å². The topological polar surface area (TPSA) is 88.9 Å². The van der Waals surface area contributed by atoms with Crippen LogP contribution in [0.4, 0.5) is 0 Å². The lowest BCUT2D eigenvalue weighted by Gasteiger charge is -2.23. The lowest BCUT2D eigenvalue weighted by Crippen LogP contribution is -2.30. The molecule has 0 fully saturated rings. The number of aryl methyl sites for hydroxylation is 1. The van der Waals surface area contributed by atoms with Crippen LogP contribution in [0, 0.1) is 0 Å². The normalized spacial score (nSPS) is 11.1. The third kappa shape index (κ3) is 5.90. The summed E-state index contributed by atoms with van der Waals surface area (Å²) in [5.74, 6) is 1.19. The van der Waals surface area contributed by atoms with Crippen LogP contribution in [-0.4, -0.2) is 36.0 Å². The lowest BCUT2D eigenvalue weighted by atomic mass is 10.0. The van der Waals surface area contributed by atoms with Crippen molar-refractivity contribution in [3.05, 3.63) is 130 Å². The molecule has 0 radical (unpaired) electrons. The van der Waals surface area contributed by atoms with Crippen molar-refractivity contribution >= 4 is 32.7 Å². The van der Waals surface area contributed by atoms with E-state index in [4.69, 9.17) is 4.74 Å². The number of tetrazole rings is 1. The van der Waals surface area contributed by atoms with Crippen molar-refractivity contribution in [2.75, 3.05) is 0 Å². The Balaban J connectivity index is 1.22. The van der Waals surface area contributed by atoms with E-state index in [2.05, 4.69) is 73.0 Å². The van der Waals surface area contributed by atoms with Gasteiger partial charge in [0.2, 0.25) is 5.82 Å². The number of aromatic nitrogens is 5. The summed E-state index contributed by atoms with van der Waals surface area (Å²) >= 11 is 3.61. The maximum atomic E-state index is 13.9. The van der Waals surface area contributed by atoms with Crippen LogP contribution in [0.2, 0.25) is 0 Å². The van der Waals surface area contributed by atoms with E-state index < -0.39 is 0 Å². The zero-order valence-corrected chi connectivity index (χ0v) is 24.0. The van der Waals surface area contributed by atoms with Crippen molar-refractivity contribution < 1.29 is 9.53 Å². The van der Waals surface area contributed by atoms with Crippen molar-refractivity contribution in [1.29, 1.82) is 0 Å². The summed E-state index contributed by atoms with van der Waals surface area (Å²) in [5, 5.41) is 14.7. The first-order chi connectivity index (χ1) is 20.0. The zero-order chi connectivity index (χ0) is 28.2. The second kappa shape index (κ2) is 11.8. The number of amides is 1. The molecule has 6 aromatic rings. The molecule has 0 saturated carbocycles. The van der Waals surface area contributed by atoms with Crippen LogP contribution in [0.3, 0.4) is 0 Å². The van der Waals surface area contributed by atoms with Crippen molar-refractivity contribution in [1.82, 2.24) is 30.1 Å². The summed E-state index contributed by atoms with van der Waals surface area (Å²) in [6, 6.07) is 32.4. The predicted octanol–water partition coefficient (Wildman–Crippen LogP) is 6.54. The number of hydrogen-bond donors (Lipinski definition) is 1. The molecule has 0 spiro atoms. The Bertz CT molecular complexity index is 1780. The number of H-pyrrole nitrogens is 1. The maximum Gasteiger partial charge on any atom is 0.256 e. The van der Waals surface area contributed by atoms with E-state index in [0.29, 0.717) is 30.2 Å². The fourth-order valence-electron chi connectivity index (χ4n) is 4.89. The highest BCUT2D eigenvalue weighted by molar-refractivity contribution is 9.10. The molecular formula is C32H27BrN6O2. The van der Waals surface area contributed by atoms with Gasteiger partial charge in [-0.3, -0.25) is 4.79 Å². The zero-order valence-electron chi connectivity index (χ0n) is 22.4. The Morgan fingerprint density at radius 1 is 0.902 bits per heavy atom. The fourth-order valence-corrected chi connectivity index (χ4v) is 5.39. The number of nitrogens with one attached hydrogen (secondary N) is 1. The SMILES string of the molecule is Cn1cc(C(=O)N(Cc2ccccc2)Cc2ccc(-c3ccc(OCc4nn[nH]n4)c(Br)c3)cc2)c2ccccc21. The molecule has 8 nitrogen and oxygen atoms in total. The predicted molar refractivity (Wildman–Crippen MR) is 161 cm³/mol. The Morgan fingerprint density at radius 2 is 1.61 bits per heavy atom. The Morgan fingerprint density at radius 3 is 2.34 bits per heavy atom. The number of para-hydroxylation sites is 1. The van der Waals surface area contributed by atoms with Crippen molar-refractivity contribution in [2.24, 2.45) is 7.05 Å². The van der Waals surface area contributed by atoms with Crippen molar-refractivity contribution in [3.8, 4) is 16.9 Å². The summed E-state index contributed by atoms with van der Waals surface area (Å²) in [6.45, 7) is 1.23. The molecule has 0 saturated heterocycles. The van der Waals surface area contributed by atoms with Gasteiger partial charge in [0.15, 0.2) is 6.61 Å². The third-order valence-corrected chi connectivity index (χ3v) is 7.59.